The van der Waals surface area contributed by atoms with Gasteiger partial charge in [0.15, 0.2) is 13.2 Å². The second-order valence-corrected chi connectivity index (χ2v) is 5.67. The third-order valence-electron chi connectivity index (χ3n) is 3.39. The smallest absolute Gasteiger partial charge is 0.325 e. The number of nitrogens with one attached hydrogen (secondary N) is 2. The predicted molar refractivity (Wildman–Crippen MR) is 99.2 cm³/mol. The van der Waals surface area contributed by atoms with Crippen molar-refractivity contribution in [3.63, 3.8) is 0 Å². The average Bonchev–Trinajstić information content (AvgIpc) is 2.70. The van der Waals surface area contributed by atoms with Gasteiger partial charge in [-0.25, -0.2) is 0 Å². The van der Waals surface area contributed by atoms with Gasteiger partial charge in [-0.1, -0.05) is 48.5 Å². The fraction of sp³-hybridized carbons (Fsp3) is 0.200. The van der Waals surface area contributed by atoms with E-state index in [1.165, 1.54) is 0 Å². The van der Waals surface area contributed by atoms with Crippen molar-refractivity contribution in [2.24, 2.45) is 0 Å². The van der Waals surface area contributed by atoms with Crippen LogP contribution in [0.1, 0.15) is 5.56 Å². The molecule has 146 valence electrons. The first-order valence-corrected chi connectivity index (χ1v) is 8.49. The highest BCUT2D eigenvalue weighted by Gasteiger charge is 2.12. The number of ether oxygens (including phenoxy) is 2. The maximum absolute atomic E-state index is 11.7. The number of hydrogen-bond donors (Lipinski definition) is 2. The Morgan fingerprint density at radius 2 is 1.39 bits per heavy atom. The SMILES string of the molecule is O=C(COc1ccccc1)NCC(=O)OCC(=O)NC(=O)Cc1ccccc1. The van der Waals surface area contributed by atoms with Gasteiger partial charge in [-0.3, -0.25) is 24.5 Å². The summed E-state index contributed by atoms with van der Waals surface area (Å²) in [7, 11) is 0. The van der Waals surface area contributed by atoms with Gasteiger partial charge in [-0.15, -0.1) is 0 Å². The highest BCUT2D eigenvalue weighted by atomic mass is 16.5. The summed E-state index contributed by atoms with van der Waals surface area (Å²) in [5.41, 5.74) is 0.755. The van der Waals surface area contributed by atoms with Crippen LogP contribution in [0.25, 0.3) is 0 Å². The summed E-state index contributed by atoms with van der Waals surface area (Å²) in [6, 6.07) is 17.6. The summed E-state index contributed by atoms with van der Waals surface area (Å²) in [5, 5.41) is 4.44. The molecule has 2 rings (SSSR count). The largest absolute Gasteiger partial charge is 0.484 e. The highest BCUT2D eigenvalue weighted by molar-refractivity contribution is 5.97. The van der Waals surface area contributed by atoms with E-state index in [2.05, 4.69) is 10.6 Å². The molecule has 2 aromatic rings. The molecule has 2 aromatic carbocycles. The van der Waals surface area contributed by atoms with Gasteiger partial charge in [0.25, 0.3) is 11.8 Å². The molecule has 8 heteroatoms. The van der Waals surface area contributed by atoms with Crippen molar-refractivity contribution in [2.45, 2.75) is 6.42 Å². The molecule has 0 unspecified atom stereocenters. The summed E-state index contributed by atoms with van der Waals surface area (Å²) in [4.78, 5) is 46.5. The molecular weight excluding hydrogens is 364 g/mol. The monoisotopic (exact) mass is 384 g/mol. The van der Waals surface area contributed by atoms with Gasteiger partial charge in [0.2, 0.25) is 5.91 Å². The van der Waals surface area contributed by atoms with Crippen LogP contribution in [0.3, 0.4) is 0 Å². The van der Waals surface area contributed by atoms with Gasteiger partial charge in [0.05, 0.1) is 6.42 Å². The number of hydrogen-bond acceptors (Lipinski definition) is 6. The molecule has 0 bridgehead atoms. The second-order valence-electron chi connectivity index (χ2n) is 5.67. The van der Waals surface area contributed by atoms with Crippen LogP contribution in [0.4, 0.5) is 0 Å². The molecule has 0 radical (unpaired) electrons. The maximum atomic E-state index is 11.7. The van der Waals surface area contributed by atoms with Crippen LogP contribution in [-0.2, 0) is 30.3 Å². The zero-order valence-corrected chi connectivity index (χ0v) is 15.1. The van der Waals surface area contributed by atoms with E-state index < -0.39 is 36.8 Å². The van der Waals surface area contributed by atoms with Crippen LogP contribution >= 0.6 is 0 Å². The Hall–Kier alpha value is -3.68. The van der Waals surface area contributed by atoms with Gasteiger partial charge >= 0.3 is 5.97 Å². The molecule has 0 heterocycles. The molecule has 0 atom stereocenters. The molecule has 2 N–H and O–H groups in total. The zero-order chi connectivity index (χ0) is 20.2. The van der Waals surface area contributed by atoms with Crippen molar-refractivity contribution in [1.82, 2.24) is 10.6 Å². The van der Waals surface area contributed by atoms with Crippen LogP contribution in [0.5, 0.6) is 5.75 Å². The standard InChI is InChI=1S/C20H20N2O6/c23-17(11-15-7-3-1-4-8-15)22-19(25)14-28-20(26)12-21-18(24)13-27-16-9-5-2-6-10-16/h1-10H,11-14H2,(H,21,24)(H,22,23,25). The average molecular weight is 384 g/mol. The van der Waals surface area contributed by atoms with Gasteiger partial charge in [-0.05, 0) is 17.7 Å². The Balaban J connectivity index is 1.59. The molecule has 0 aromatic heterocycles. The number of imide groups is 1. The van der Waals surface area contributed by atoms with Crippen LogP contribution < -0.4 is 15.4 Å². The maximum Gasteiger partial charge on any atom is 0.325 e. The minimum Gasteiger partial charge on any atom is -0.484 e. The molecule has 0 fully saturated rings. The summed E-state index contributed by atoms with van der Waals surface area (Å²) in [6.07, 6.45) is 0.0397. The molecule has 8 nitrogen and oxygen atoms in total. The highest BCUT2D eigenvalue weighted by Crippen LogP contribution is 2.07. The first kappa shape index (κ1) is 20.6. The van der Waals surface area contributed by atoms with E-state index in [1.807, 2.05) is 12.1 Å². The Labute approximate surface area is 161 Å². The van der Waals surface area contributed by atoms with Crippen molar-refractivity contribution in [1.29, 1.82) is 0 Å². The van der Waals surface area contributed by atoms with Crippen molar-refractivity contribution in [3.8, 4) is 5.75 Å². The molecule has 0 saturated heterocycles. The van der Waals surface area contributed by atoms with E-state index >= 15 is 0 Å². The first-order valence-electron chi connectivity index (χ1n) is 8.49. The molecular formula is C20H20N2O6. The Bertz CT molecular complexity index is 808. The number of amides is 3. The number of carbonyl (C=O) groups is 4. The fourth-order valence-corrected chi connectivity index (χ4v) is 2.10. The topological polar surface area (TPSA) is 111 Å². The summed E-state index contributed by atoms with van der Waals surface area (Å²) >= 11 is 0. The van der Waals surface area contributed by atoms with Gasteiger partial charge < -0.3 is 14.8 Å². The number of benzene rings is 2. The normalized spacial score (nSPS) is 9.86. The Morgan fingerprint density at radius 3 is 2.07 bits per heavy atom. The van der Waals surface area contributed by atoms with E-state index in [0.29, 0.717) is 5.75 Å². The van der Waals surface area contributed by atoms with Crippen molar-refractivity contribution >= 4 is 23.7 Å². The molecule has 3 amide bonds. The third kappa shape index (κ3) is 8.13. The van der Waals surface area contributed by atoms with E-state index in [4.69, 9.17) is 9.47 Å². The molecule has 0 aliphatic heterocycles. The minimum absolute atomic E-state index is 0.0397. The van der Waals surface area contributed by atoms with Crippen LogP contribution in [0.15, 0.2) is 60.7 Å². The first-order chi connectivity index (χ1) is 13.5. The van der Waals surface area contributed by atoms with E-state index in [9.17, 15) is 19.2 Å². The molecule has 28 heavy (non-hydrogen) atoms. The van der Waals surface area contributed by atoms with Gasteiger partial charge in [0.1, 0.15) is 12.3 Å². The van der Waals surface area contributed by atoms with Crippen LogP contribution in [-0.4, -0.2) is 43.4 Å². The van der Waals surface area contributed by atoms with Crippen LogP contribution in [0.2, 0.25) is 0 Å². The van der Waals surface area contributed by atoms with Crippen molar-refractivity contribution < 1.29 is 28.7 Å². The molecule has 0 spiro atoms. The predicted octanol–water partition coefficient (Wildman–Crippen LogP) is 0.610. The lowest BCUT2D eigenvalue weighted by atomic mass is 10.1. The summed E-state index contributed by atoms with van der Waals surface area (Å²) < 4.78 is 9.93. The van der Waals surface area contributed by atoms with Crippen molar-refractivity contribution in [2.75, 3.05) is 19.8 Å². The summed E-state index contributed by atoms with van der Waals surface area (Å²) in [6.45, 7) is -1.29. The summed E-state index contributed by atoms with van der Waals surface area (Å²) in [5.74, 6) is -2.04. The van der Waals surface area contributed by atoms with E-state index in [-0.39, 0.29) is 13.0 Å². The number of para-hydroxylation sites is 1. The fourth-order valence-electron chi connectivity index (χ4n) is 2.10. The lowest BCUT2D eigenvalue weighted by molar-refractivity contribution is -0.149. The van der Waals surface area contributed by atoms with Crippen LogP contribution in [0, 0.1) is 0 Å². The van der Waals surface area contributed by atoms with E-state index in [1.54, 1.807) is 48.5 Å². The Morgan fingerprint density at radius 1 is 0.750 bits per heavy atom. The number of rotatable bonds is 9. The Kier molecular flexibility index (Phi) is 8.19. The van der Waals surface area contributed by atoms with Gasteiger partial charge in [-0.2, -0.15) is 0 Å². The molecule has 0 aliphatic carbocycles. The quantitative estimate of drug-likeness (QED) is 0.613. The zero-order valence-electron chi connectivity index (χ0n) is 15.1. The number of carbonyl (C=O) groups excluding carboxylic acids is 4. The van der Waals surface area contributed by atoms with Gasteiger partial charge in [0, 0.05) is 0 Å². The van der Waals surface area contributed by atoms with Crippen molar-refractivity contribution in [3.05, 3.63) is 66.2 Å². The number of esters is 1. The molecule has 0 saturated carbocycles. The van der Waals surface area contributed by atoms with E-state index in [0.717, 1.165) is 5.56 Å². The lowest BCUT2D eigenvalue weighted by Crippen LogP contribution is -2.37. The minimum atomic E-state index is -0.807. The lowest BCUT2D eigenvalue weighted by Gasteiger charge is -2.08. The third-order valence-corrected chi connectivity index (χ3v) is 3.39. The second kappa shape index (κ2) is 11.1. The molecule has 0 aliphatic rings.